The first-order valence-electron chi connectivity index (χ1n) is 8.16. The topological polar surface area (TPSA) is 54.5 Å². The number of benzene rings is 2. The molecule has 132 valence electrons. The van der Waals surface area contributed by atoms with Crippen LogP contribution in [-0.4, -0.2) is 36.8 Å². The molecule has 4 nitrogen and oxygen atoms in total. The van der Waals surface area contributed by atoms with Gasteiger partial charge in [0, 0.05) is 23.2 Å². The molecule has 0 aliphatic carbocycles. The van der Waals surface area contributed by atoms with Gasteiger partial charge in [-0.3, -0.25) is 4.79 Å². The molecule has 0 saturated carbocycles. The third-order valence-electron chi connectivity index (χ3n) is 4.47. The monoisotopic (exact) mass is 377 g/mol. The summed E-state index contributed by atoms with van der Waals surface area (Å²) in [7, 11) is -3.08. The number of hydrogen-bond acceptors (Lipinski definition) is 3. The van der Waals surface area contributed by atoms with E-state index >= 15 is 0 Å². The zero-order valence-corrected chi connectivity index (χ0v) is 15.6. The van der Waals surface area contributed by atoms with E-state index in [9.17, 15) is 13.2 Å². The van der Waals surface area contributed by atoms with Crippen molar-refractivity contribution < 1.29 is 13.2 Å². The first kappa shape index (κ1) is 18.0. The lowest BCUT2D eigenvalue weighted by atomic mass is 10.1. The van der Waals surface area contributed by atoms with Crippen LogP contribution in [0.4, 0.5) is 0 Å². The van der Waals surface area contributed by atoms with E-state index in [0.29, 0.717) is 23.6 Å². The van der Waals surface area contributed by atoms with Crippen LogP contribution < -0.4 is 0 Å². The van der Waals surface area contributed by atoms with Crippen molar-refractivity contribution >= 4 is 27.3 Å². The highest BCUT2D eigenvalue weighted by atomic mass is 35.5. The van der Waals surface area contributed by atoms with E-state index < -0.39 is 9.84 Å². The van der Waals surface area contributed by atoms with E-state index in [1.54, 1.807) is 29.2 Å². The fraction of sp³-hybridized carbons (Fsp3) is 0.316. The number of carbonyl (C=O) groups is 1. The highest BCUT2D eigenvalue weighted by Gasteiger charge is 2.35. The number of halogens is 1. The fourth-order valence-corrected chi connectivity index (χ4v) is 4.89. The van der Waals surface area contributed by atoms with Crippen molar-refractivity contribution in [1.82, 2.24) is 4.90 Å². The minimum Gasteiger partial charge on any atom is -0.330 e. The van der Waals surface area contributed by atoms with Crippen LogP contribution in [0, 0.1) is 6.92 Å². The minimum atomic E-state index is -3.08. The Morgan fingerprint density at radius 2 is 1.76 bits per heavy atom. The Hall–Kier alpha value is -1.85. The van der Waals surface area contributed by atoms with E-state index in [1.807, 2.05) is 31.2 Å². The van der Waals surface area contributed by atoms with Gasteiger partial charge in [0.05, 0.1) is 11.5 Å². The molecule has 1 saturated heterocycles. The van der Waals surface area contributed by atoms with Crippen LogP contribution in [0.3, 0.4) is 0 Å². The third-order valence-corrected chi connectivity index (χ3v) is 6.48. The van der Waals surface area contributed by atoms with Gasteiger partial charge in [0.1, 0.15) is 0 Å². The molecular weight excluding hydrogens is 358 g/mol. The van der Waals surface area contributed by atoms with Crippen LogP contribution in [0.1, 0.15) is 27.9 Å². The number of carbonyl (C=O) groups excluding carboxylic acids is 1. The van der Waals surface area contributed by atoms with Gasteiger partial charge in [-0.1, -0.05) is 41.4 Å². The normalized spacial score (nSPS) is 18.9. The average Bonchev–Trinajstić information content (AvgIpc) is 2.94. The molecule has 0 N–H and O–H groups in total. The summed E-state index contributed by atoms with van der Waals surface area (Å²) in [6.45, 7) is 2.33. The van der Waals surface area contributed by atoms with Crippen LogP contribution in [0.15, 0.2) is 48.5 Å². The summed E-state index contributed by atoms with van der Waals surface area (Å²) in [5, 5.41) is 0.628. The zero-order valence-electron chi connectivity index (χ0n) is 14.0. The Morgan fingerprint density at radius 3 is 2.32 bits per heavy atom. The molecule has 1 aliphatic heterocycles. The van der Waals surface area contributed by atoms with E-state index in [1.165, 1.54) is 0 Å². The zero-order chi connectivity index (χ0) is 18.0. The largest absolute Gasteiger partial charge is 0.330 e. The first-order valence-corrected chi connectivity index (χ1v) is 10.4. The van der Waals surface area contributed by atoms with Crippen molar-refractivity contribution in [3.8, 4) is 0 Å². The van der Waals surface area contributed by atoms with Gasteiger partial charge in [0.25, 0.3) is 5.91 Å². The summed E-state index contributed by atoms with van der Waals surface area (Å²) in [4.78, 5) is 14.7. The molecule has 0 unspecified atom stereocenters. The average molecular weight is 378 g/mol. The molecule has 2 aromatic rings. The van der Waals surface area contributed by atoms with Crippen molar-refractivity contribution in [1.29, 1.82) is 0 Å². The van der Waals surface area contributed by atoms with Crippen LogP contribution in [0.25, 0.3) is 0 Å². The van der Waals surface area contributed by atoms with Crippen molar-refractivity contribution in [2.75, 3.05) is 11.5 Å². The molecule has 1 atom stereocenters. The summed E-state index contributed by atoms with van der Waals surface area (Å²) in [5.74, 6) is 0.0192. The summed E-state index contributed by atoms with van der Waals surface area (Å²) >= 11 is 5.93. The van der Waals surface area contributed by atoms with E-state index in [4.69, 9.17) is 11.6 Å². The van der Waals surface area contributed by atoms with Gasteiger partial charge in [-0.15, -0.1) is 0 Å². The maximum atomic E-state index is 13.0. The lowest BCUT2D eigenvalue weighted by Crippen LogP contribution is -2.40. The minimum absolute atomic E-state index is 0.0260. The third kappa shape index (κ3) is 4.41. The van der Waals surface area contributed by atoms with Crippen LogP contribution in [0.5, 0.6) is 0 Å². The van der Waals surface area contributed by atoms with Gasteiger partial charge in [-0.2, -0.15) is 0 Å². The quantitative estimate of drug-likeness (QED) is 0.819. The molecule has 1 heterocycles. The molecule has 3 rings (SSSR count). The fourth-order valence-electron chi connectivity index (χ4n) is 3.04. The Kier molecular flexibility index (Phi) is 5.16. The van der Waals surface area contributed by atoms with E-state index in [-0.39, 0.29) is 23.5 Å². The summed E-state index contributed by atoms with van der Waals surface area (Å²) < 4.78 is 23.8. The second-order valence-corrected chi connectivity index (χ2v) is 9.15. The van der Waals surface area contributed by atoms with E-state index in [2.05, 4.69) is 0 Å². The molecule has 1 amide bonds. The number of sulfone groups is 1. The van der Waals surface area contributed by atoms with Crippen molar-refractivity contribution in [3.63, 3.8) is 0 Å². The van der Waals surface area contributed by atoms with Crippen molar-refractivity contribution in [2.24, 2.45) is 0 Å². The second-order valence-electron chi connectivity index (χ2n) is 6.48. The Labute approximate surface area is 153 Å². The van der Waals surface area contributed by atoms with Crippen LogP contribution in [0.2, 0.25) is 5.02 Å². The molecule has 1 aliphatic rings. The Balaban J connectivity index is 1.89. The number of hydrogen-bond donors (Lipinski definition) is 0. The first-order chi connectivity index (χ1) is 11.8. The van der Waals surface area contributed by atoms with Gasteiger partial charge in [0.15, 0.2) is 9.84 Å². The molecule has 0 bridgehead atoms. The van der Waals surface area contributed by atoms with Gasteiger partial charge >= 0.3 is 0 Å². The molecule has 2 aromatic carbocycles. The maximum Gasteiger partial charge on any atom is 0.254 e. The summed E-state index contributed by atoms with van der Waals surface area (Å²) in [5.41, 5.74) is 2.57. The van der Waals surface area contributed by atoms with Crippen LogP contribution >= 0.6 is 11.6 Å². The predicted molar refractivity (Wildman–Crippen MR) is 99.6 cm³/mol. The van der Waals surface area contributed by atoms with Gasteiger partial charge in [-0.05, 0) is 43.2 Å². The lowest BCUT2D eigenvalue weighted by Gasteiger charge is -2.28. The highest BCUT2D eigenvalue weighted by Crippen LogP contribution is 2.23. The van der Waals surface area contributed by atoms with Gasteiger partial charge in [-0.25, -0.2) is 8.42 Å². The van der Waals surface area contributed by atoms with Crippen LogP contribution in [-0.2, 0) is 16.4 Å². The van der Waals surface area contributed by atoms with Crippen molar-refractivity contribution in [3.05, 3.63) is 70.2 Å². The predicted octanol–water partition coefficient (Wildman–Crippen LogP) is 3.48. The molecule has 25 heavy (non-hydrogen) atoms. The lowest BCUT2D eigenvalue weighted by molar-refractivity contribution is 0.0681. The van der Waals surface area contributed by atoms with Gasteiger partial charge < -0.3 is 4.90 Å². The van der Waals surface area contributed by atoms with Crippen molar-refractivity contribution in [2.45, 2.75) is 25.9 Å². The molecule has 0 spiro atoms. The number of nitrogens with zero attached hydrogens (tertiary/aromatic N) is 1. The molecule has 0 radical (unpaired) electrons. The summed E-state index contributed by atoms with van der Waals surface area (Å²) in [6.07, 6.45) is 0.480. The molecule has 1 fully saturated rings. The number of aryl methyl sites for hydroxylation is 1. The second kappa shape index (κ2) is 7.18. The standard InChI is InChI=1S/C19H20ClNO3S/c1-14-2-6-16(7-3-14)19(22)21(18-10-11-25(23,24)13-18)12-15-4-8-17(20)9-5-15/h2-9,18H,10-13H2,1H3/t18-/m0/s1. The number of rotatable bonds is 4. The molecule has 0 aromatic heterocycles. The maximum absolute atomic E-state index is 13.0. The van der Waals surface area contributed by atoms with Gasteiger partial charge in [0.2, 0.25) is 0 Å². The highest BCUT2D eigenvalue weighted by molar-refractivity contribution is 7.91. The number of amides is 1. The molecular formula is C19H20ClNO3S. The summed E-state index contributed by atoms with van der Waals surface area (Å²) in [6, 6.07) is 14.3. The molecule has 6 heteroatoms. The smallest absolute Gasteiger partial charge is 0.254 e. The SMILES string of the molecule is Cc1ccc(C(=O)N(Cc2ccc(Cl)cc2)[C@H]2CCS(=O)(=O)C2)cc1. The van der Waals surface area contributed by atoms with E-state index in [0.717, 1.165) is 11.1 Å². The Bertz CT molecular complexity index is 861. The Morgan fingerprint density at radius 1 is 1.12 bits per heavy atom.